The molecule has 0 aliphatic heterocycles. The fourth-order valence-electron chi connectivity index (χ4n) is 5.57. The van der Waals surface area contributed by atoms with Gasteiger partial charge in [0.15, 0.2) is 0 Å². The Morgan fingerprint density at radius 2 is 2.00 bits per heavy atom. The summed E-state index contributed by atoms with van der Waals surface area (Å²) in [5.41, 5.74) is 0.878. The number of carbonyl (C=O) groups excluding carboxylic acids is 1. The van der Waals surface area contributed by atoms with E-state index in [0.717, 1.165) is 19.3 Å². The van der Waals surface area contributed by atoms with Crippen LogP contribution in [0.2, 0.25) is 0 Å². The summed E-state index contributed by atoms with van der Waals surface area (Å²) < 4.78 is 6.01. The maximum Gasteiger partial charge on any atom is 0.338 e. The number of hydrogen-bond acceptors (Lipinski definition) is 3. The van der Waals surface area contributed by atoms with Gasteiger partial charge in [-0.25, -0.2) is 4.79 Å². The van der Waals surface area contributed by atoms with E-state index >= 15 is 0 Å². The standard InChI is InChI=1S/C24H34O3/c1-17(9-7-10-18(2)25)20-14-15-21-22(13-8-16-24(20,21)3)27-23(26)19-11-5-4-6-12-19/h4-7,9,11-12,17-18,20-22,25H,8,10,13-16H2,1-3H3/b9-7+/t17-,18-,20-,21+,22+,24-/m1/s1. The lowest BCUT2D eigenvalue weighted by Crippen LogP contribution is -2.43. The number of esters is 1. The zero-order chi connectivity index (χ0) is 19.4. The normalized spacial score (nSPS) is 32.8. The van der Waals surface area contributed by atoms with E-state index in [9.17, 15) is 9.90 Å². The summed E-state index contributed by atoms with van der Waals surface area (Å²) in [7, 11) is 0. The Kier molecular flexibility index (Phi) is 6.41. The fraction of sp³-hybridized carbons (Fsp3) is 0.625. The lowest BCUT2D eigenvalue weighted by Gasteiger charge is -2.45. The average Bonchev–Trinajstić information content (AvgIpc) is 3.00. The van der Waals surface area contributed by atoms with Crippen molar-refractivity contribution in [3.05, 3.63) is 48.0 Å². The van der Waals surface area contributed by atoms with Crippen molar-refractivity contribution in [3.8, 4) is 0 Å². The number of fused-ring (bicyclic) bond motifs is 1. The number of hydrogen-bond donors (Lipinski definition) is 1. The smallest absolute Gasteiger partial charge is 0.338 e. The Morgan fingerprint density at radius 1 is 1.26 bits per heavy atom. The number of ether oxygens (including phenoxy) is 1. The van der Waals surface area contributed by atoms with Crippen LogP contribution < -0.4 is 0 Å². The number of rotatable bonds is 6. The Labute approximate surface area is 163 Å². The van der Waals surface area contributed by atoms with Gasteiger partial charge in [-0.3, -0.25) is 0 Å². The zero-order valence-corrected chi connectivity index (χ0v) is 16.9. The molecule has 0 spiro atoms. The van der Waals surface area contributed by atoms with Gasteiger partial charge in [0, 0.05) is 5.92 Å². The van der Waals surface area contributed by atoms with Crippen molar-refractivity contribution in [2.45, 2.75) is 71.5 Å². The molecular formula is C24H34O3. The number of aliphatic hydroxyl groups is 1. The first-order chi connectivity index (χ1) is 12.9. The molecule has 0 unspecified atom stereocenters. The lowest BCUT2D eigenvalue weighted by atomic mass is 9.62. The van der Waals surface area contributed by atoms with Crippen molar-refractivity contribution in [2.75, 3.05) is 0 Å². The number of benzene rings is 1. The van der Waals surface area contributed by atoms with Crippen LogP contribution in [0, 0.1) is 23.2 Å². The van der Waals surface area contributed by atoms with Gasteiger partial charge in [0.25, 0.3) is 0 Å². The summed E-state index contributed by atoms with van der Waals surface area (Å²) in [5.74, 6) is 1.38. The van der Waals surface area contributed by atoms with E-state index in [-0.39, 0.29) is 23.6 Å². The van der Waals surface area contributed by atoms with E-state index in [4.69, 9.17) is 4.74 Å². The molecule has 27 heavy (non-hydrogen) atoms. The van der Waals surface area contributed by atoms with Crippen LogP contribution >= 0.6 is 0 Å². The van der Waals surface area contributed by atoms with Crippen molar-refractivity contribution in [2.24, 2.45) is 23.2 Å². The van der Waals surface area contributed by atoms with E-state index in [1.54, 1.807) is 0 Å². The summed E-state index contributed by atoms with van der Waals surface area (Å²) >= 11 is 0. The predicted octanol–water partition coefficient (Wildman–Crippen LogP) is 5.39. The van der Waals surface area contributed by atoms with Crippen LogP contribution in [0.5, 0.6) is 0 Å². The van der Waals surface area contributed by atoms with E-state index < -0.39 is 0 Å². The SMILES string of the molecule is C[C@H](/C=C/C[C@@H](C)O)[C@H]1CC[C@H]2[C@@H](OC(=O)c3ccccc3)CCC[C@]12C. The highest BCUT2D eigenvalue weighted by Gasteiger charge is 2.53. The quantitative estimate of drug-likeness (QED) is 0.539. The van der Waals surface area contributed by atoms with Gasteiger partial charge in [-0.15, -0.1) is 0 Å². The van der Waals surface area contributed by atoms with Crippen molar-refractivity contribution in [3.63, 3.8) is 0 Å². The third-order valence-electron chi connectivity index (χ3n) is 6.96. The first kappa shape index (κ1) is 20.1. The van der Waals surface area contributed by atoms with Crippen LogP contribution in [0.1, 0.15) is 69.7 Å². The summed E-state index contributed by atoms with van der Waals surface area (Å²) in [6, 6.07) is 9.35. The second-order valence-corrected chi connectivity index (χ2v) is 8.87. The topological polar surface area (TPSA) is 46.5 Å². The minimum absolute atomic E-state index is 0.0371. The Balaban J connectivity index is 1.68. The van der Waals surface area contributed by atoms with Crippen LogP contribution in [-0.2, 0) is 4.74 Å². The monoisotopic (exact) mass is 370 g/mol. The largest absolute Gasteiger partial charge is 0.458 e. The second-order valence-electron chi connectivity index (χ2n) is 8.87. The molecule has 3 nitrogen and oxygen atoms in total. The van der Waals surface area contributed by atoms with Gasteiger partial charge in [0.2, 0.25) is 0 Å². The van der Waals surface area contributed by atoms with Crippen LogP contribution in [0.4, 0.5) is 0 Å². The van der Waals surface area contributed by atoms with Gasteiger partial charge in [-0.05, 0) is 74.8 Å². The molecule has 2 saturated carbocycles. The van der Waals surface area contributed by atoms with Crippen molar-refractivity contribution in [1.29, 1.82) is 0 Å². The molecule has 0 heterocycles. The molecule has 0 bridgehead atoms. The summed E-state index contributed by atoms with van der Waals surface area (Å²) in [6.45, 7) is 6.54. The Hall–Kier alpha value is -1.61. The lowest BCUT2D eigenvalue weighted by molar-refractivity contribution is -0.0444. The van der Waals surface area contributed by atoms with Crippen molar-refractivity contribution >= 4 is 5.97 Å². The number of allylic oxidation sites excluding steroid dienone is 1. The molecule has 0 saturated heterocycles. The van der Waals surface area contributed by atoms with Gasteiger partial charge >= 0.3 is 5.97 Å². The molecule has 148 valence electrons. The highest BCUT2D eigenvalue weighted by molar-refractivity contribution is 5.89. The average molecular weight is 371 g/mol. The fourth-order valence-corrected chi connectivity index (χ4v) is 5.57. The molecule has 6 atom stereocenters. The number of carbonyl (C=O) groups is 1. The number of aliphatic hydroxyl groups excluding tert-OH is 1. The van der Waals surface area contributed by atoms with Crippen LogP contribution in [-0.4, -0.2) is 23.3 Å². The molecule has 2 aliphatic rings. The molecule has 0 aromatic heterocycles. The summed E-state index contributed by atoms with van der Waals surface area (Å²) in [6.07, 6.45) is 10.5. The molecule has 0 radical (unpaired) electrons. The van der Waals surface area contributed by atoms with Gasteiger partial charge in [0.1, 0.15) is 6.10 Å². The summed E-state index contributed by atoms with van der Waals surface area (Å²) in [4.78, 5) is 12.6. The van der Waals surface area contributed by atoms with E-state index in [1.807, 2.05) is 37.3 Å². The minimum Gasteiger partial charge on any atom is -0.458 e. The second kappa shape index (κ2) is 8.60. The van der Waals surface area contributed by atoms with Crippen molar-refractivity contribution < 1.29 is 14.6 Å². The maximum absolute atomic E-state index is 12.6. The molecule has 1 aromatic rings. The summed E-state index contributed by atoms with van der Waals surface area (Å²) in [5, 5.41) is 9.48. The molecule has 2 aliphatic carbocycles. The molecule has 3 heteroatoms. The first-order valence-corrected chi connectivity index (χ1v) is 10.5. The van der Waals surface area contributed by atoms with Crippen LogP contribution in [0.15, 0.2) is 42.5 Å². The molecular weight excluding hydrogens is 336 g/mol. The van der Waals surface area contributed by atoms with Gasteiger partial charge < -0.3 is 9.84 Å². The highest BCUT2D eigenvalue weighted by atomic mass is 16.5. The predicted molar refractivity (Wildman–Crippen MR) is 108 cm³/mol. The molecule has 1 N–H and O–H groups in total. The maximum atomic E-state index is 12.6. The van der Waals surface area contributed by atoms with Crippen LogP contribution in [0.3, 0.4) is 0 Å². The van der Waals surface area contributed by atoms with E-state index in [0.29, 0.717) is 29.7 Å². The third-order valence-corrected chi connectivity index (χ3v) is 6.96. The Bertz CT molecular complexity index is 651. The van der Waals surface area contributed by atoms with E-state index in [1.165, 1.54) is 12.8 Å². The van der Waals surface area contributed by atoms with E-state index in [2.05, 4.69) is 26.0 Å². The molecule has 1 aromatic carbocycles. The minimum atomic E-state index is -0.281. The Morgan fingerprint density at radius 3 is 2.70 bits per heavy atom. The van der Waals surface area contributed by atoms with Gasteiger partial charge in [-0.2, -0.15) is 0 Å². The molecule has 0 amide bonds. The first-order valence-electron chi connectivity index (χ1n) is 10.5. The van der Waals surface area contributed by atoms with Gasteiger partial charge in [-0.1, -0.05) is 44.2 Å². The van der Waals surface area contributed by atoms with Crippen LogP contribution in [0.25, 0.3) is 0 Å². The molecule has 3 rings (SSSR count). The third kappa shape index (κ3) is 4.45. The molecule has 2 fully saturated rings. The zero-order valence-electron chi connectivity index (χ0n) is 16.9. The van der Waals surface area contributed by atoms with Crippen molar-refractivity contribution in [1.82, 2.24) is 0 Å². The highest BCUT2D eigenvalue weighted by Crippen LogP contribution is 2.58. The van der Waals surface area contributed by atoms with Gasteiger partial charge in [0.05, 0.1) is 11.7 Å².